The number of phenols is 3. The molecule has 5 atom stereocenters. The van der Waals surface area contributed by atoms with Gasteiger partial charge in [-0.3, -0.25) is 4.79 Å². The lowest BCUT2D eigenvalue weighted by Crippen LogP contribution is -2.58. The van der Waals surface area contributed by atoms with Crippen LogP contribution in [0.1, 0.15) is 54.6 Å². The summed E-state index contributed by atoms with van der Waals surface area (Å²) in [5, 5.41) is 50.4. The molecule has 1 fully saturated rings. The van der Waals surface area contributed by atoms with Gasteiger partial charge in [0, 0.05) is 12.0 Å². The van der Waals surface area contributed by atoms with Gasteiger partial charge in [0.15, 0.2) is 17.6 Å². The third-order valence-electron chi connectivity index (χ3n) is 5.12. The number of hydrogen-bond donors (Lipinski definition) is 5. The lowest BCUT2D eigenvalue weighted by atomic mass is 9.86. The number of ether oxygens (including phenoxy) is 3. The Kier molecular flexibility index (Phi) is 6.15. The Balaban J connectivity index is 1.81. The smallest absolute Gasteiger partial charge is 0.339 e. The van der Waals surface area contributed by atoms with Crippen LogP contribution >= 0.6 is 0 Å². The molecule has 2 aliphatic heterocycles. The number of rotatable bonds is 6. The lowest BCUT2D eigenvalue weighted by Gasteiger charge is -2.44. The van der Waals surface area contributed by atoms with Crippen LogP contribution in [-0.2, 0) is 19.0 Å². The number of carbonyl (C=O) groups excluding carboxylic acids is 2. The molecule has 10 nitrogen and oxygen atoms in total. The van der Waals surface area contributed by atoms with Crippen molar-refractivity contribution in [2.24, 2.45) is 0 Å². The number of phenolic OH excluding ortho intramolecular Hbond substituents is 3. The largest absolute Gasteiger partial charge is 0.504 e. The number of aliphatic hydroxyl groups excluding tert-OH is 2. The maximum atomic E-state index is 12.2. The second kappa shape index (κ2) is 8.44. The SMILES string of the molecule is CCCCCC(=O)OC[C@H]1OC2c3c(cc(O)c(O)c3O)C(=O)O[C@@H]2[C@@H](O)[C@@H]1O. The quantitative estimate of drug-likeness (QED) is 0.254. The molecule has 0 amide bonds. The summed E-state index contributed by atoms with van der Waals surface area (Å²) in [5.74, 6) is -3.84. The van der Waals surface area contributed by atoms with Crippen LogP contribution in [0.15, 0.2) is 6.07 Å². The Hall–Kier alpha value is -2.56. The van der Waals surface area contributed by atoms with Gasteiger partial charge in [-0.15, -0.1) is 0 Å². The van der Waals surface area contributed by atoms with E-state index in [1.165, 1.54) is 0 Å². The van der Waals surface area contributed by atoms with Gasteiger partial charge in [0.25, 0.3) is 0 Å². The minimum absolute atomic E-state index is 0.188. The maximum Gasteiger partial charge on any atom is 0.339 e. The van der Waals surface area contributed by atoms with Crippen molar-refractivity contribution in [2.45, 2.75) is 63.1 Å². The molecule has 0 aliphatic carbocycles. The molecule has 0 radical (unpaired) electrons. The number of hydrogen-bond acceptors (Lipinski definition) is 10. The minimum atomic E-state index is -1.59. The monoisotopic (exact) mass is 412 g/mol. The molecule has 0 bridgehead atoms. The number of esters is 2. The zero-order valence-corrected chi connectivity index (χ0v) is 15.8. The summed E-state index contributed by atoms with van der Waals surface area (Å²) in [6, 6.07) is 0.909. The molecule has 2 heterocycles. The van der Waals surface area contributed by atoms with E-state index in [1.807, 2.05) is 6.92 Å². The fraction of sp³-hybridized carbons (Fsp3) is 0.579. The summed E-state index contributed by atoms with van der Waals surface area (Å²) in [6.45, 7) is 1.64. The molecule has 0 saturated carbocycles. The van der Waals surface area contributed by atoms with Crippen molar-refractivity contribution in [2.75, 3.05) is 6.61 Å². The first-order valence-electron chi connectivity index (χ1n) is 9.42. The molecular formula is C19H24O10. The van der Waals surface area contributed by atoms with E-state index in [1.54, 1.807) is 0 Å². The van der Waals surface area contributed by atoms with Gasteiger partial charge < -0.3 is 39.7 Å². The molecule has 0 spiro atoms. The van der Waals surface area contributed by atoms with Gasteiger partial charge in [-0.25, -0.2) is 4.79 Å². The van der Waals surface area contributed by atoms with E-state index in [-0.39, 0.29) is 24.2 Å². The first-order chi connectivity index (χ1) is 13.8. The lowest BCUT2D eigenvalue weighted by molar-refractivity contribution is -0.237. The highest BCUT2D eigenvalue weighted by Gasteiger charge is 2.52. The fourth-order valence-electron chi connectivity index (χ4n) is 3.51. The van der Waals surface area contributed by atoms with Crippen LogP contribution in [0.5, 0.6) is 17.2 Å². The third-order valence-corrected chi connectivity index (χ3v) is 5.12. The zero-order valence-electron chi connectivity index (χ0n) is 15.8. The van der Waals surface area contributed by atoms with E-state index in [4.69, 9.17) is 14.2 Å². The first-order valence-corrected chi connectivity index (χ1v) is 9.42. The van der Waals surface area contributed by atoms with E-state index >= 15 is 0 Å². The molecule has 1 saturated heterocycles. The highest BCUT2D eigenvalue weighted by atomic mass is 16.6. The van der Waals surface area contributed by atoms with Crippen molar-refractivity contribution in [3.63, 3.8) is 0 Å². The highest BCUT2D eigenvalue weighted by molar-refractivity contribution is 5.95. The van der Waals surface area contributed by atoms with Crippen LogP contribution in [0.25, 0.3) is 0 Å². The van der Waals surface area contributed by atoms with Crippen molar-refractivity contribution < 1.29 is 49.3 Å². The predicted molar refractivity (Wildman–Crippen MR) is 95.4 cm³/mol. The number of benzene rings is 1. The Labute approximate surface area is 166 Å². The summed E-state index contributed by atoms with van der Waals surface area (Å²) in [4.78, 5) is 24.0. The molecule has 3 rings (SSSR count). The third kappa shape index (κ3) is 3.96. The van der Waals surface area contributed by atoms with E-state index < -0.39 is 59.7 Å². The van der Waals surface area contributed by atoms with Gasteiger partial charge in [0.05, 0.1) is 5.56 Å². The molecule has 1 aromatic carbocycles. The molecule has 1 unspecified atom stereocenters. The highest BCUT2D eigenvalue weighted by Crippen LogP contribution is 2.49. The molecular weight excluding hydrogens is 388 g/mol. The van der Waals surface area contributed by atoms with Crippen molar-refractivity contribution in [1.29, 1.82) is 0 Å². The van der Waals surface area contributed by atoms with E-state index in [0.717, 1.165) is 18.9 Å². The summed E-state index contributed by atoms with van der Waals surface area (Å²) in [7, 11) is 0. The topological polar surface area (TPSA) is 163 Å². The van der Waals surface area contributed by atoms with E-state index in [0.29, 0.717) is 6.42 Å². The Morgan fingerprint density at radius 2 is 1.86 bits per heavy atom. The number of carbonyl (C=O) groups is 2. The van der Waals surface area contributed by atoms with Gasteiger partial charge in [0.2, 0.25) is 5.75 Å². The average Bonchev–Trinajstić information content (AvgIpc) is 2.69. The van der Waals surface area contributed by atoms with Gasteiger partial charge in [-0.1, -0.05) is 19.8 Å². The predicted octanol–water partition coefficient (Wildman–Crippen LogP) is 0.628. The van der Waals surface area contributed by atoms with Crippen LogP contribution in [0.2, 0.25) is 0 Å². The molecule has 5 N–H and O–H groups in total. The number of unbranched alkanes of at least 4 members (excludes halogenated alkanes) is 2. The summed E-state index contributed by atoms with van der Waals surface area (Å²) in [5.41, 5.74) is -0.440. The summed E-state index contributed by atoms with van der Waals surface area (Å²) in [6.07, 6.45) is -4.22. The van der Waals surface area contributed by atoms with Crippen molar-refractivity contribution >= 4 is 11.9 Å². The van der Waals surface area contributed by atoms with Crippen LogP contribution in [0.3, 0.4) is 0 Å². The molecule has 1 aromatic rings. The fourth-order valence-corrected chi connectivity index (χ4v) is 3.51. The van der Waals surface area contributed by atoms with Crippen LogP contribution in [0, 0.1) is 0 Å². The van der Waals surface area contributed by atoms with Crippen LogP contribution in [0.4, 0.5) is 0 Å². The zero-order chi connectivity index (χ0) is 21.3. The number of fused-ring (bicyclic) bond motifs is 3. The van der Waals surface area contributed by atoms with Gasteiger partial charge in [-0.2, -0.15) is 0 Å². The molecule has 10 heteroatoms. The van der Waals surface area contributed by atoms with E-state index in [9.17, 15) is 35.1 Å². The van der Waals surface area contributed by atoms with Gasteiger partial charge in [0.1, 0.15) is 31.0 Å². The van der Waals surface area contributed by atoms with Gasteiger partial charge >= 0.3 is 11.9 Å². The molecule has 0 aromatic heterocycles. The summed E-state index contributed by atoms with van der Waals surface area (Å²) < 4.78 is 15.9. The Morgan fingerprint density at radius 1 is 1.14 bits per heavy atom. The van der Waals surface area contributed by atoms with E-state index in [2.05, 4.69) is 0 Å². The molecule has 2 aliphatic rings. The number of aromatic hydroxyl groups is 3. The van der Waals surface area contributed by atoms with Crippen molar-refractivity contribution in [3.05, 3.63) is 17.2 Å². The van der Waals surface area contributed by atoms with Crippen LogP contribution < -0.4 is 0 Å². The number of aliphatic hydroxyl groups is 2. The second-order valence-corrected chi connectivity index (χ2v) is 7.14. The average molecular weight is 412 g/mol. The molecule has 160 valence electrons. The van der Waals surface area contributed by atoms with Crippen molar-refractivity contribution in [1.82, 2.24) is 0 Å². The standard InChI is InChI=1S/C19H24O10/c1-2-3-4-5-11(21)27-7-10-14(23)16(25)18-17(28-10)12-8(19(26)29-18)6-9(20)13(22)15(12)24/h6,10,14,16-18,20,22-25H,2-5,7H2,1H3/t10-,14-,16+,17?,18-/m1/s1. The maximum absolute atomic E-state index is 12.2. The molecule has 29 heavy (non-hydrogen) atoms. The van der Waals surface area contributed by atoms with Crippen molar-refractivity contribution in [3.8, 4) is 17.2 Å². The first kappa shape index (κ1) is 21.2. The summed E-state index contributed by atoms with van der Waals surface area (Å²) >= 11 is 0. The second-order valence-electron chi connectivity index (χ2n) is 7.14. The van der Waals surface area contributed by atoms with Gasteiger partial charge in [-0.05, 0) is 12.5 Å². The Morgan fingerprint density at radius 3 is 2.55 bits per heavy atom. The Bertz CT molecular complexity index is 792. The normalized spacial score (nSPS) is 28.2. The minimum Gasteiger partial charge on any atom is -0.504 e. The van der Waals surface area contributed by atoms with Crippen LogP contribution in [-0.4, -0.2) is 68.5 Å².